The van der Waals surface area contributed by atoms with Crippen molar-refractivity contribution in [3.63, 3.8) is 0 Å². The van der Waals surface area contributed by atoms with Gasteiger partial charge in [-0.1, -0.05) is 0 Å². The van der Waals surface area contributed by atoms with Gasteiger partial charge in [0.05, 0.1) is 0 Å². The van der Waals surface area contributed by atoms with Gasteiger partial charge in [-0.25, -0.2) is 4.79 Å². The fraction of sp³-hybridized carbons (Fsp3) is 0.857. The molecule has 0 aliphatic heterocycles. The van der Waals surface area contributed by atoms with Gasteiger partial charge in [-0.05, 0) is 18.8 Å². The molecule has 0 aromatic carbocycles. The summed E-state index contributed by atoms with van der Waals surface area (Å²) in [5.74, 6) is -2.23. The summed E-state index contributed by atoms with van der Waals surface area (Å²) in [5.41, 5.74) is 5.43. The van der Waals surface area contributed by atoms with E-state index < -0.39 is 12.1 Å². The SMILES string of the molecule is NC1CC(CO)C1.O=C(O)C(F)(F)F. The van der Waals surface area contributed by atoms with Gasteiger partial charge in [0.25, 0.3) is 0 Å². The van der Waals surface area contributed by atoms with Crippen molar-refractivity contribution in [3.05, 3.63) is 0 Å². The number of carboxylic acids is 1. The molecule has 1 aliphatic rings. The Morgan fingerprint density at radius 3 is 1.86 bits per heavy atom. The highest BCUT2D eigenvalue weighted by Gasteiger charge is 2.38. The van der Waals surface area contributed by atoms with Gasteiger partial charge in [-0.2, -0.15) is 13.2 Å². The van der Waals surface area contributed by atoms with Crippen LogP contribution < -0.4 is 5.73 Å². The van der Waals surface area contributed by atoms with E-state index in [4.69, 9.17) is 20.7 Å². The van der Waals surface area contributed by atoms with Crippen LogP contribution in [0.1, 0.15) is 12.8 Å². The second-order valence-electron chi connectivity index (χ2n) is 3.08. The number of aliphatic hydroxyl groups is 1. The van der Waals surface area contributed by atoms with Crippen LogP contribution >= 0.6 is 0 Å². The van der Waals surface area contributed by atoms with Crippen molar-refractivity contribution in [1.29, 1.82) is 0 Å². The van der Waals surface area contributed by atoms with Crippen molar-refractivity contribution in [3.8, 4) is 0 Å². The maximum absolute atomic E-state index is 10.6. The molecule has 0 bridgehead atoms. The number of halogens is 3. The molecule has 0 aromatic rings. The number of aliphatic hydroxyl groups excluding tert-OH is 1. The summed E-state index contributed by atoms with van der Waals surface area (Å²) in [4.78, 5) is 8.90. The average molecular weight is 215 g/mol. The van der Waals surface area contributed by atoms with Crippen LogP contribution in [0, 0.1) is 5.92 Å². The molecule has 7 heteroatoms. The first-order valence-corrected chi connectivity index (χ1v) is 3.94. The quantitative estimate of drug-likeness (QED) is 0.589. The molecule has 1 rings (SSSR count). The number of hydrogen-bond acceptors (Lipinski definition) is 3. The molecule has 0 saturated heterocycles. The largest absolute Gasteiger partial charge is 0.490 e. The van der Waals surface area contributed by atoms with E-state index in [1.54, 1.807) is 0 Å². The van der Waals surface area contributed by atoms with E-state index in [0.717, 1.165) is 12.8 Å². The van der Waals surface area contributed by atoms with E-state index in [2.05, 4.69) is 0 Å². The molecule has 4 N–H and O–H groups in total. The molecule has 4 nitrogen and oxygen atoms in total. The smallest absolute Gasteiger partial charge is 0.475 e. The predicted molar refractivity (Wildman–Crippen MR) is 41.5 cm³/mol. The Hall–Kier alpha value is -0.820. The molecule has 1 aliphatic carbocycles. The van der Waals surface area contributed by atoms with Crippen LogP contribution in [0.4, 0.5) is 13.2 Å². The first kappa shape index (κ1) is 13.2. The molecule has 0 radical (unpaired) electrons. The average Bonchev–Trinajstić information content (AvgIpc) is 1.98. The zero-order valence-electron chi connectivity index (χ0n) is 7.29. The number of nitrogens with two attached hydrogens (primary N) is 1. The number of carbonyl (C=O) groups is 1. The number of alkyl halides is 3. The molecule has 0 atom stereocenters. The fourth-order valence-corrected chi connectivity index (χ4v) is 0.936. The second-order valence-corrected chi connectivity index (χ2v) is 3.08. The molecule has 14 heavy (non-hydrogen) atoms. The lowest BCUT2D eigenvalue weighted by atomic mass is 9.82. The Kier molecular flexibility index (Phi) is 4.86. The lowest BCUT2D eigenvalue weighted by molar-refractivity contribution is -0.192. The molecule has 1 fully saturated rings. The zero-order valence-corrected chi connectivity index (χ0v) is 7.29. The summed E-state index contributed by atoms with van der Waals surface area (Å²) >= 11 is 0. The lowest BCUT2D eigenvalue weighted by Gasteiger charge is -2.30. The van der Waals surface area contributed by atoms with Crippen LogP contribution in [0.5, 0.6) is 0 Å². The Balaban J connectivity index is 0.000000241. The minimum atomic E-state index is -5.08. The first-order chi connectivity index (χ1) is 6.27. The molecule has 0 amide bonds. The van der Waals surface area contributed by atoms with Gasteiger partial charge in [-0.15, -0.1) is 0 Å². The van der Waals surface area contributed by atoms with Gasteiger partial charge < -0.3 is 15.9 Å². The highest BCUT2D eigenvalue weighted by molar-refractivity contribution is 5.73. The highest BCUT2D eigenvalue weighted by Crippen LogP contribution is 2.23. The summed E-state index contributed by atoms with van der Waals surface area (Å²) in [6.07, 6.45) is -3.03. The topological polar surface area (TPSA) is 83.5 Å². The van der Waals surface area contributed by atoms with Gasteiger partial charge in [0.15, 0.2) is 0 Å². The minimum Gasteiger partial charge on any atom is -0.475 e. The van der Waals surface area contributed by atoms with Crippen molar-refractivity contribution in [2.75, 3.05) is 6.61 Å². The Labute approximate surface area is 78.5 Å². The predicted octanol–water partition coefficient (Wildman–Crippen LogP) is 0.349. The van der Waals surface area contributed by atoms with Crippen LogP contribution in [0.3, 0.4) is 0 Å². The molecule has 0 aromatic heterocycles. The number of aliphatic carboxylic acids is 1. The van der Waals surface area contributed by atoms with Crippen molar-refractivity contribution in [1.82, 2.24) is 0 Å². The number of hydrogen-bond donors (Lipinski definition) is 3. The van der Waals surface area contributed by atoms with E-state index in [0.29, 0.717) is 18.6 Å². The normalized spacial score (nSPS) is 25.8. The van der Waals surface area contributed by atoms with Gasteiger partial charge in [0.2, 0.25) is 0 Å². The van der Waals surface area contributed by atoms with E-state index in [9.17, 15) is 13.2 Å². The van der Waals surface area contributed by atoms with Crippen LogP contribution in [-0.2, 0) is 4.79 Å². The Morgan fingerprint density at radius 1 is 1.43 bits per heavy atom. The summed E-state index contributed by atoms with van der Waals surface area (Å²) in [5, 5.41) is 15.6. The third-order valence-corrected chi connectivity index (χ3v) is 1.77. The third-order valence-electron chi connectivity index (χ3n) is 1.77. The van der Waals surface area contributed by atoms with Gasteiger partial charge in [0.1, 0.15) is 0 Å². The van der Waals surface area contributed by atoms with Gasteiger partial charge in [0, 0.05) is 12.6 Å². The maximum Gasteiger partial charge on any atom is 0.490 e. The Morgan fingerprint density at radius 2 is 1.79 bits per heavy atom. The zero-order chi connectivity index (χ0) is 11.4. The molecular weight excluding hydrogens is 203 g/mol. The van der Waals surface area contributed by atoms with E-state index in [1.807, 2.05) is 0 Å². The molecule has 0 heterocycles. The molecule has 84 valence electrons. The van der Waals surface area contributed by atoms with Gasteiger partial charge >= 0.3 is 12.1 Å². The summed E-state index contributed by atoms with van der Waals surface area (Å²) < 4.78 is 31.7. The summed E-state index contributed by atoms with van der Waals surface area (Å²) in [6.45, 7) is 0.327. The van der Waals surface area contributed by atoms with Gasteiger partial charge in [-0.3, -0.25) is 0 Å². The van der Waals surface area contributed by atoms with E-state index in [-0.39, 0.29) is 0 Å². The van der Waals surface area contributed by atoms with Crippen molar-refractivity contribution >= 4 is 5.97 Å². The van der Waals surface area contributed by atoms with E-state index >= 15 is 0 Å². The molecule has 0 unspecified atom stereocenters. The van der Waals surface area contributed by atoms with Crippen LogP contribution in [0.25, 0.3) is 0 Å². The Bertz CT molecular complexity index is 189. The van der Waals surface area contributed by atoms with Crippen molar-refractivity contribution in [2.24, 2.45) is 11.7 Å². The summed E-state index contributed by atoms with van der Waals surface area (Å²) in [7, 11) is 0. The minimum absolute atomic E-state index is 0.327. The van der Waals surface area contributed by atoms with Crippen LogP contribution in [0.15, 0.2) is 0 Å². The van der Waals surface area contributed by atoms with E-state index in [1.165, 1.54) is 0 Å². The lowest BCUT2D eigenvalue weighted by Crippen LogP contribution is -2.37. The maximum atomic E-state index is 10.6. The molecule has 1 saturated carbocycles. The number of rotatable bonds is 1. The summed E-state index contributed by atoms with van der Waals surface area (Å²) in [6, 6.07) is 0.386. The fourth-order valence-electron chi connectivity index (χ4n) is 0.936. The standard InChI is InChI=1S/C5H11NO.C2HF3O2/c6-5-1-4(2-5)3-7;3-2(4,5)1(6)7/h4-5,7H,1-3,6H2;(H,6,7). The first-order valence-electron chi connectivity index (χ1n) is 3.94. The van der Waals surface area contributed by atoms with Crippen LogP contribution in [0.2, 0.25) is 0 Å². The molecule has 0 spiro atoms. The molecular formula is C7H12F3NO3. The third kappa shape index (κ3) is 5.03. The highest BCUT2D eigenvalue weighted by atomic mass is 19.4. The van der Waals surface area contributed by atoms with Crippen LogP contribution in [-0.4, -0.2) is 35.0 Å². The second kappa shape index (κ2) is 5.16. The van der Waals surface area contributed by atoms with Crippen molar-refractivity contribution in [2.45, 2.75) is 25.1 Å². The van der Waals surface area contributed by atoms with Crippen molar-refractivity contribution < 1.29 is 28.2 Å². The monoisotopic (exact) mass is 215 g/mol. The number of carboxylic acid groups (broad SMARTS) is 1.